The molecule has 0 bridgehead atoms. The first-order valence-corrected chi connectivity index (χ1v) is 0. The molecule has 0 spiro atoms. The first-order chi connectivity index (χ1) is 0. The summed E-state index contributed by atoms with van der Waals surface area (Å²) in [5.41, 5.74) is 0. The van der Waals surface area contributed by atoms with Crippen molar-refractivity contribution in [3.05, 3.63) is 0 Å². The second kappa shape index (κ2) is 75.1. The minimum atomic E-state index is 0. The van der Waals surface area contributed by atoms with Gasteiger partial charge in [0.2, 0.25) is 0 Å². The van der Waals surface area contributed by atoms with Crippen molar-refractivity contribution in [2.45, 2.75) is 0 Å². The van der Waals surface area contributed by atoms with Crippen molar-refractivity contribution in [1.29, 1.82) is 0 Å². The van der Waals surface area contributed by atoms with Crippen LogP contribution in [0.5, 0.6) is 0 Å². The predicted octanol–water partition coefficient (Wildman–Crippen LogP) is -15.4. The third-order valence-corrected chi connectivity index (χ3v) is 0. The summed E-state index contributed by atoms with van der Waals surface area (Å²) in [4.78, 5) is 0. The third kappa shape index (κ3) is 56.5. The van der Waals surface area contributed by atoms with E-state index >= 15 is 0 Å². The van der Waals surface area contributed by atoms with Crippen molar-refractivity contribution in [3.8, 4) is 0 Å². The molecule has 0 saturated heterocycles. The average molecular weight is 390 g/mol. The van der Waals surface area contributed by atoms with Crippen LogP contribution in [-0.2, 0) is 0 Å². The van der Waals surface area contributed by atoms with Crippen LogP contribution in [0.15, 0.2) is 0 Å². The SMILES string of the molecule is [Ba+2].[F-].[F-].[F-].[F-].[F-].[Gd+3]. The van der Waals surface area contributed by atoms with E-state index in [-0.39, 0.29) is 112 Å². The van der Waals surface area contributed by atoms with Crippen molar-refractivity contribution in [2.24, 2.45) is 0 Å². The van der Waals surface area contributed by atoms with Crippen molar-refractivity contribution in [1.82, 2.24) is 0 Å². The zero-order valence-corrected chi connectivity index (χ0v) is 9.66. The van der Waals surface area contributed by atoms with Crippen molar-refractivity contribution < 1.29 is 63.5 Å². The molecule has 0 aromatic rings. The van der Waals surface area contributed by atoms with Gasteiger partial charge in [-0.1, -0.05) is 0 Å². The van der Waals surface area contributed by atoms with Gasteiger partial charge in [-0.15, -0.1) is 0 Å². The smallest absolute Gasteiger partial charge is 1.00 e. The van der Waals surface area contributed by atoms with Gasteiger partial charge in [-0.05, 0) is 0 Å². The molecule has 1 radical (unpaired) electrons. The maximum Gasteiger partial charge on any atom is 3.00 e. The summed E-state index contributed by atoms with van der Waals surface area (Å²) >= 11 is 0. The molecule has 0 fully saturated rings. The second-order valence-corrected chi connectivity index (χ2v) is 0. The molecule has 0 unspecified atom stereocenters. The molecule has 0 amide bonds. The molecule has 0 aliphatic heterocycles. The van der Waals surface area contributed by atoms with Gasteiger partial charge < -0.3 is 23.5 Å². The zero-order valence-electron chi connectivity index (χ0n) is 2.95. The Kier molecular flexibility index (Phi) is 1150. The van der Waals surface area contributed by atoms with E-state index in [1.54, 1.807) is 0 Å². The summed E-state index contributed by atoms with van der Waals surface area (Å²) in [5.74, 6) is 0. The molecule has 7 heteroatoms. The van der Waals surface area contributed by atoms with Gasteiger partial charge in [-0.3, -0.25) is 0 Å². The normalized spacial score (nSPS) is 0. The molecule has 45 valence electrons. The molecule has 0 aromatic carbocycles. The van der Waals surface area contributed by atoms with Crippen LogP contribution < -0.4 is 23.5 Å². The Morgan fingerprint density at radius 1 is 0.429 bits per heavy atom. The summed E-state index contributed by atoms with van der Waals surface area (Å²) in [6.45, 7) is 0. The Morgan fingerprint density at radius 3 is 0.429 bits per heavy atom. The van der Waals surface area contributed by atoms with Crippen molar-refractivity contribution in [2.75, 3.05) is 0 Å². The fraction of sp³-hybridized carbons (Fsp3) is 0. The van der Waals surface area contributed by atoms with Gasteiger partial charge in [0.05, 0.1) is 0 Å². The van der Waals surface area contributed by atoms with Crippen molar-refractivity contribution in [3.63, 3.8) is 0 Å². The van der Waals surface area contributed by atoms with Crippen LogP contribution in [0.1, 0.15) is 0 Å². The number of hydrogen-bond donors (Lipinski definition) is 0. The zero-order chi connectivity index (χ0) is 0. The molecule has 0 aliphatic rings. The van der Waals surface area contributed by atoms with E-state index in [1.165, 1.54) is 0 Å². The maximum atomic E-state index is 0. The van der Waals surface area contributed by atoms with E-state index in [2.05, 4.69) is 0 Å². The third-order valence-electron chi connectivity index (χ3n) is 0. The molecular formula is BaF5Gd. The van der Waals surface area contributed by atoms with E-state index in [0.717, 1.165) is 0 Å². The van der Waals surface area contributed by atoms with Crippen LogP contribution in [-0.4, -0.2) is 48.9 Å². The standard InChI is InChI=1S/Ba.5FH.Gd/h;5*1H;/q+2;;;;;;+3/p-5. The molecule has 0 N–H and O–H groups in total. The Morgan fingerprint density at radius 2 is 0.429 bits per heavy atom. The van der Waals surface area contributed by atoms with E-state index in [9.17, 15) is 0 Å². The molecule has 0 aromatic heterocycles. The Labute approximate surface area is 110 Å². The first kappa shape index (κ1) is 108. The number of hydrogen-bond acceptors (Lipinski definition) is 0. The van der Waals surface area contributed by atoms with Gasteiger partial charge in [0, 0.05) is 0 Å². The Bertz CT molecular complexity index is 8.04. The van der Waals surface area contributed by atoms with E-state index in [0.29, 0.717) is 0 Å². The van der Waals surface area contributed by atoms with Gasteiger partial charge in [-0.25, -0.2) is 0 Å². The molecular weight excluding hydrogens is 390 g/mol. The Hall–Kier alpha value is 2.55. The summed E-state index contributed by atoms with van der Waals surface area (Å²) in [6, 6.07) is 0. The fourth-order valence-corrected chi connectivity index (χ4v) is 0. The molecule has 0 aliphatic carbocycles. The molecule has 0 nitrogen and oxygen atoms in total. The maximum absolute atomic E-state index is 0. The number of rotatable bonds is 0. The van der Waals surface area contributed by atoms with Gasteiger partial charge in [0.1, 0.15) is 0 Å². The van der Waals surface area contributed by atoms with Crippen LogP contribution in [0.3, 0.4) is 0 Å². The Balaban J connectivity index is 0. The number of halogens is 5. The van der Waals surface area contributed by atoms with Gasteiger partial charge in [0.15, 0.2) is 0 Å². The van der Waals surface area contributed by atoms with Gasteiger partial charge in [0.25, 0.3) is 0 Å². The monoisotopic (exact) mass is 391 g/mol. The second-order valence-electron chi connectivity index (χ2n) is 0. The predicted molar refractivity (Wildman–Crippen MR) is 5.75 cm³/mol. The first-order valence-electron chi connectivity index (χ1n) is 0. The molecule has 0 atom stereocenters. The summed E-state index contributed by atoms with van der Waals surface area (Å²) in [6.07, 6.45) is 0. The summed E-state index contributed by atoms with van der Waals surface area (Å²) < 4.78 is 0. The van der Waals surface area contributed by atoms with Crippen LogP contribution >= 0.6 is 0 Å². The van der Waals surface area contributed by atoms with E-state index < -0.39 is 0 Å². The molecule has 0 saturated carbocycles. The van der Waals surface area contributed by atoms with Crippen molar-refractivity contribution >= 4 is 48.9 Å². The molecule has 0 heterocycles. The minimum Gasteiger partial charge on any atom is -1.00 e. The largest absolute Gasteiger partial charge is 3.00 e. The van der Waals surface area contributed by atoms with Crippen LogP contribution in [0, 0.1) is 39.9 Å². The van der Waals surface area contributed by atoms with Gasteiger partial charge in [-0.2, -0.15) is 0 Å². The summed E-state index contributed by atoms with van der Waals surface area (Å²) in [5, 5.41) is 0. The van der Waals surface area contributed by atoms with Gasteiger partial charge >= 0.3 is 88.8 Å². The van der Waals surface area contributed by atoms with Crippen LogP contribution in [0.4, 0.5) is 0 Å². The topological polar surface area (TPSA) is 0 Å². The minimum absolute atomic E-state index is 0. The van der Waals surface area contributed by atoms with E-state index in [4.69, 9.17) is 0 Å². The van der Waals surface area contributed by atoms with Crippen LogP contribution in [0.25, 0.3) is 0 Å². The fourth-order valence-electron chi connectivity index (χ4n) is 0. The average Bonchev–Trinajstić information content (AvgIpc) is 0. The molecule has 0 rings (SSSR count). The quantitative estimate of drug-likeness (QED) is 0.285. The van der Waals surface area contributed by atoms with Crippen LogP contribution in [0.2, 0.25) is 0 Å². The summed E-state index contributed by atoms with van der Waals surface area (Å²) in [7, 11) is 0. The molecule has 7 heavy (non-hydrogen) atoms. The van der Waals surface area contributed by atoms with E-state index in [1.807, 2.05) is 0 Å².